The number of nitro groups is 1. The van der Waals surface area contributed by atoms with Crippen LogP contribution in [0.2, 0.25) is 0 Å². The summed E-state index contributed by atoms with van der Waals surface area (Å²) in [7, 11) is 1.29. The van der Waals surface area contributed by atoms with Crippen LogP contribution in [0, 0.1) is 10.1 Å². The van der Waals surface area contributed by atoms with Gasteiger partial charge in [-0.3, -0.25) is 19.6 Å². The largest absolute Gasteiger partial charge is 0.475 e. The van der Waals surface area contributed by atoms with E-state index in [2.05, 4.69) is 10.4 Å². The summed E-state index contributed by atoms with van der Waals surface area (Å²) in [5.74, 6) is -0.432. The van der Waals surface area contributed by atoms with Crippen LogP contribution >= 0.6 is 0 Å². The lowest BCUT2D eigenvalue weighted by atomic mass is 10.1. The molecule has 2 heterocycles. The van der Waals surface area contributed by atoms with Crippen LogP contribution in [0.15, 0.2) is 55.0 Å². The minimum Gasteiger partial charge on any atom is -0.475 e. The van der Waals surface area contributed by atoms with Gasteiger partial charge in [-0.15, -0.1) is 5.10 Å². The first kappa shape index (κ1) is 18.2. The third kappa shape index (κ3) is 4.14. The molecule has 27 heavy (non-hydrogen) atoms. The highest BCUT2D eigenvalue weighted by Gasteiger charge is 2.21. The van der Waals surface area contributed by atoms with Gasteiger partial charge in [0.25, 0.3) is 0 Å². The Morgan fingerprint density at radius 3 is 2.52 bits per heavy atom. The third-order valence-electron chi connectivity index (χ3n) is 4.08. The van der Waals surface area contributed by atoms with Crippen molar-refractivity contribution in [3.05, 3.63) is 70.7 Å². The Hall–Kier alpha value is -3.62. The van der Waals surface area contributed by atoms with Gasteiger partial charge in [-0.25, -0.2) is 0 Å². The summed E-state index contributed by atoms with van der Waals surface area (Å²) in [6, 6.07) is 11.5. The number of hydrogen-bond acceptors (Lipinski definition) is 5. The van der Waals surface area contributed by atoms with Crippen molar-refractivity contribution in [1.82, 2.24) is 19.7 Å². The molecule has 0 radical (unpaired) electrons. The first-order chi connectivity index (χ1) is 13.0. The fourth-order valence-corrected chi connectivity index (χ4v) is 2.70. The van der Waals surface area contributed by atoms with Crippen LogP contribution in [0.5, 0.6) is 5.88 Å². The number of aromatic nitrogens is 3. The van der Waals surface area contributed by atoms with E-state index >= 15 is 0 Å². The Morgan fingerprint density at radius 2 is 1.96 bits per heavy atom. The minimum atomic E-state index is -0.602. The van der Waals surface area contributed by atoms with E-state index in [-0.39, 0.29) is 30.1 Å². The van der Waals surface area contributed by atoms with Crippen molar-refractivity contribution in [3.8, 4) is 11.6 Å². The SMILES string of the molecule is COc1nn(CC(=O)NC(C)c2ccc(-n3cccc3)cc2)cc1[N+](=O)[O-]. The lowest BCUT2D eigenvalue weighted by molar-refractivity contribution is -0.385. The molecule has 0 aliphatic heterocycles. The molecule has 1 atom stereocenters. The highest BCUT2D eigenvalue weighted by Crippen LogP contribution is 2.24. The Balaban J connectivity index is 1.63. The number of amides is 1. The highest BCUT2D eigenvalue weighted by molar-refractivity contribution is 5.76. The van der Waals surface area contributed by atoms with E-state index in [0.717, 1.165) is 11.3 Å². The standard InChI is InChI=1S/C18H19N5O4/c1-13(14-5-7-15(8-6-14)21-9-3-4-10-21)19-17(24)12-22-11-16(23(25)26)18(20-22)27-2/h3-11,13H,12H2,1-2H3,(H,19,24). The molecule has 1 unspecified atom stereocenters. The molecular weight excluding hydrogens is 350 g/mol. The van der Waals surface area contributed by atoms with Crippen molar-refractivity contribution in [3.63, 3.8) is 0 Å². The van der Waals surface area contributed by atoms with Crippen molar-refractivity contribution in [2.24, 2.45) is 0 Å². The molecule has 2 aromatic heterocycles. The predicted molar refractivity (Wildman–Crippen MR) is 97.8 cm³/mol. The molecule has 0 saturated heterocycles. The number of carbonyl (C=O) groups excluding carboxylic acids is 1. The molecule has 3 aromatic rings. The number of rotatable bonds is 7. The molecule has 0 fully saturated rings. The van der Waals surface area contributed by atoms with Gasteiger partial charge in [0.1, 0.15) is 12.7 Å². The van der Waals surface area contributed by atoms with Crippen LogP contribution in [-0.4, -0.2) is 32.3 Å². The molecule has 0 aliphatic rings. The number of carbonyl (C=O) groups is 1. The topological polar surface area (TPSA) is 104 Å². The summed E-state index contributed by atoms with van der Waals surface area (Å²) < 4.78 is 8.03. The molecule has 140 valence electrons. The van der Waals surface area contributed by atoms with Crippen LogP contribution < -0.4 is 10.1 Å². The maximum atomic E-state index is 12.2. The second kappa shape index (κ2) is 7.73. The lowest BCUT2D eigenvalue weighted by Gasteiger charge is -2.15. The van der Waals surface area contributed by atoms with Crippen molar-refractivity contribution >= 4 is 11.6 Å². The van der Waals surface area contributed by atoms with Crippen LogP contribution in [0.4, 0.5) is 5.69 Å². The van der Waals surface area contributed by atoms with Crippen molar-refractivity contribution in [2.45, 2.75) is 19.5 Å². The van der Waals surface area contributed by atoms with Crippen LogP contribution in [0.1, 0.15) is 18.5 Å². The van der Waals surface area contributed by atoms with E-state index in [1.54, 1.807) is 0 Å². The molecule has 0 spiro atoms. The van der Waals surface area contributed by atoms with Gasteiger partial charge in [0.2, 0.25) is 5.91 Å². The second-order valence-corrected chi connectivity index (χ2v) is 5.95. The number of ether oxygens (including phenoxy) is 1. The normalized spacial score (nSPS) is 11.8. The van der Waals surface area contributed by atoms with Crippen molar-refractivity contribution in [2.75, 3.05) is 7.11 Å². The zero-order chi connectivity index (χ0) is 19.4. The first-order valence-electron chi connectivity index (χ1n) is 8.26. The van der Waals surface area contributed by atoms with Crippen LogP contribution in [0.25, 0.3) is 5.69 Å². The average molecular weight is 369 g/mol. The van der Waals surface area contributed by atoms with E-state index in [1.165, 1.54) is 18.0 Å². The number of methoxy groups -OCH3 is 1. The van der Waals surface area contributed by atoms with Crippen molar-refractivity contribution < 1.29 is 14.5 Å². The van der Waals surface area contributed by atoms with Gasteiger partial charge >= 0.3 is 11.6 Å². The van der Waals surface area contributed by atoms with Gasteiger partial charge in [-0.2, -0.15) is 0 Å². The van der Waals surface area contributed by atoms with E-state index in [0.29, 0.717) is 0 Å². The zero-order valence-electron chi connectivity index (χ0n) is 14.9. The molecule has 0 saturated carbocycles. The Morgan fingerprint density at radius 1 is 1.30 bits per heavy atom. The summed E-state index contributed by atoms with van der Waals surface area (Å²) in [5.41, 5.74) is 1.69. The molecule has 1 amide bonds. The molecule has 0 aliphatic carbocycles. The zero-order valence-corrected chi connectivity index (χ0v) is 14.9. The summed E-state index contributed by atoms with van der Waals surface area (Å²) >= 11 is 0. The molecule has 9 heteroatoms. The molecule has 9 nitrogen and oxygen atoms in total. The van der Waals surface area contributed by atoms with E-state index in [9.17, 15) is 14.9 Å². The Labute approximate surface area is 155 Å². The molecule has 0 bridgehead atoms. The average Bonchev–Trinajstić information content (AvgIpc) is 3.31. The second-order valence-electron chi connectivity index (χ2n) is 5.95. The van der Waals surface area contributed by atoms with Crippen LogP contribution in [-0.2, 0) is 11.3 Å². The Kier molecular flexibility index (Phi) is 5.20. The van der Waals surface area contributed by atoms with Gasteiger partial charge in [0, 0.05) is 18.1 Å². The van der Waals surface area contributed by atoms with Crippen molar-refractivity contribution in [1.29, 1.82) is 0 Å². The first-order valence-corrected chi connectivity index (χ1v) is 8.26. The predicted octanol–water partition coefficient (Wildman–Crippen LogP) is 2.47. The van der Waals surface area contributed by atoms with Gasteiger partial charge in [-0.1, -0.05) is 12.1 Å². The van der Waals surface area contributed by atoms with E-state index in [4.69, 9.17) is 4.74 Å². The van der Waals surface area contributed by atoms with Gasteiger partial charge in [-0.05, 0) is 36.8 Å². The van der Waals surface area contributed by atoms with Gasteiger partial charge in [0.05, 0.1) is 18.1 Å². The quantitative estimate of drug-likeness (QED) is 0.509. The maximum Gasteiger partial charge on any atom is 0.350 e. The van der Waals surface area contributed by atoms with Crippen LogP contribution in [0.3, 0.4) is 0 Å². The van der Waals surface area contributed by atoms with Gasteiger partial charge < -0.3 is 14.6 Å². The molecular formula is C18H19N5O4. The summed E-state index contributed by atoms with van der Waals surface area (Å²) in [6.45, 7) is 1.73. The smallest absolute Gasteiger partial charge is 0.350 e. The van der Waals surface area contributed by atoms with E-state index in [1.807, 2.05) is 60.3 Å². The fourth-order valence-electron chi connectivity index (χ4n) is 2.70. The fraction of sp³-hybridized carbons (Fsp3) is 0.222. The molecule has 1 aromatic carbocycles. The lowest BCUT2D eigenvalue weighted by Crippen LogP contribution is -2.30. The number of nitrogens with zero attached hydrogens (tertiary/aromatic N) is 4. The third-order valence-corrected chi connectivity index (χ3v) is 4.08. The van der Waals surface area contributed by atoms with E-state index < -0.39 is 4.92 Å². The minimum absolute atomic E-state index is 0.124. The maximum absolute atomic E-state index is 12.2. The Bertz CT molecular complexity index is 931. The summed E-state index contributed by atoms with van der Waals surface area (Å²) in [4.78, 5) is 22.6. The highest BCUT2D eigenvalue weighted by atomic mass is 16.6. The molecule has 3 rings (SSSR count). The summed E-state index contributed by atoms with van der Waals surface area (Å²) in [5, 5.41) is 17.7. The number of hydrogen-bond donors (Lipinski definition) is 1. The monoisotopic (exact) mass is 369 g/mol. The number of nitrogens with one attached hydrogen (secondary N) is 1. The molecule has 1 N–H and O–H groups in total. The summed E-state index contributed by atoms with van der Waals surface area (Å²) in [6.07, 6.45) is 5.09. The van der Waals surface area contributed by atoms with Gasteiger partial charge in [0.15, 0.2) is 0 Å². The number of benzene rings is 1.